The Balaban J connectivity index is 2.40. The Morgan fingerprint density at radius 1 is 1.53 bits per heavy atom. The van der Waals surface area contributed by atoms with Gasteiger partial charge in [-0.05, 0) is 20.8 Å². The van der Waals surface area contributed by atoms with Crippen LogP contribution in [0.3, 0.4) is 0 Å². The zero-order valence-corrected chi connectivity index (χ0v) is 9.29. The zero-order valence-electron chi connectivity index (χ0n) is 9.29. The number of nitrogens with zero attached hydrogens (tertiary/aromatic N) is 1. The second-order valence-electron chi connectivity index (χ2n) is 3.22. The first-order chi connectivity index (χ1) is 7.15. The van der Waals surface area contributed by atoms with Gasteiger partial charge in [-0.3, -0.25) is 4.79 Å². The third-order valence-corrected chi connectivity index (χ3v) is 2.08. The molecule has 1 heterocycles. The van der Waals surface area contributed by atoms with Crippen LogP contribution in [0.4, 0.5) is 0 Å². The van der Waals surface area contributed by atoms with Gasteiger partial charge < -0.3 is 14.6 Å². The molecule has 0 fully saturated rings. The summed E-state index contributed by atoms with van der Waals surface area (Å²) in [5.74, 6) is 0.612. The molecule has 0 aromatic carbocycles. The number of aryl methyl sites for hydroxylation is 2. The smallest absolute Gasteiger partial charge is 0.246 e. The van der Waals surface area contributed by atoms with Crippen LogP contribution in [-0.4, -0.2) is 24.3 Å². The van der Waals surface area contributed by atoms with Crippen molar-refractivity contribution in [3.8, 4) is 0 Å². The number of amides is 1. The van der Waals surface area contributed by atoms with Crippen LogP contribution in [0.1, 0.15) is 23.9 Å². The maximum Gasteiger partial charge on any atom is 0.246 e. The van der Waals surface area contributed by atoms with E-state index < -0.39 is 0 Å². The number of rotatable bonds is 5. The summed E-state index contributed by atoms with van der Waals surface area (Å²) >= 11 is 0. The Labute approximate surface area is 88.8 Å². The molecule has 0 bridgehead atoms. The van der Waals surface area contributed by atoms with Gasteiger partial charge in [-0.1, -0.05) is 5.16 Å². The van der Waals surface area contributed by atoms with Crippen LogP contribution in [0.25, 0.3) is 0 Å². The summed E-state index contributed by atoms with van der Waals surface area (Å²) in [6.07, 6.45) is 0. The van der Waals surface area contributed by atoms with Crippen molar-refractivity contribution in [2.24, 2.45) is 0 Å². The lowest BCUT2D eigenvalue weighted by atomic mass is 10.2. The van der Waals surface area contributed by atoms with Gasteiger partial charge in [0.15, 0.2) is 0 Å². The third-order valence-electron chi connectivity index (χ3n) is 2.08. The van der Waals surface area contributed by atoms with Crippen molar-refractivity contribution >= 4 is 5.91 Å². The Morgan fingerprint density at radius 3 is 2.80 bits per heavy atom. The first-order valence-corrected chi connectivity index (χ1v) is 4.91. The molecular weight excluding hydrogens is 196 g/mol. The first kappa shape index (κ1) is 11.7. The summed E-state index contributed by atoms with van der Waals surface area (Å²) in [4.78, 5) is 11.2. The Morgan fingerprint density at radius 2 is 2.27 bits per heavy atom. The number of carbonyl (C=O) groups is 1. The second kappa shape index (κ2) is 5.50. The topological polar surface area (TPSA) is 64.4 Å². The van der Waals surface area contributed by atoms with Gasteiger partial charge in [0, 0.05) is 18.7 Å². The van der Waals surface area contributed by atoms with Gasteiger partial charge in [-0.2, -0.15) is 0 Å². The van der Waals surface area contributed by atoms with E-state index in [1.165, 1.54) is 0 Å². The minimum Gasteiger partial charge on any atom is -0.372 e. The number of aromatic nitrogens is 1. The third kappa shape index (κ3) is 3.36. The second-order valence-corrected chi connectivity index (χ2v) is 3.22. The highest BCUT2D eigenvalue weighted by molar-refractivity contribution is 5.77. The summed E-state index contributed by atoms with van der Waals surface area (Å²) in [5.41, 5.74) is 1.74. The molecule has 5 nitrogen and oxygen atoms in total. The lowest BCUT2D eigenvalue weighted by Gasteiger charge is -2.04. The minimum atomic E-state index is -0.128. The maximum absolute atomic E-state index is 11.2. The van der Waals surface area contributed by atoms with E-state index in [0.29, 0.717) is 13.2 Å². The molecule has 0 aliphatic carbocycles. The van der Waals surface area contributed by atoms with E-state index in [-0.39, 0.29) is 12.5 Å². The Kier molecular flexibility index (Phi) is 4.30. The molecule has 0 unspecified atom stereocenters. The molecule has 1 rings (SSSR count). The standard InChI is InChI=1S/C10H16N2O3/c1-4-14-6-10(13)11-5-9-7(2)12-15-8(9)3/h4-6H2,1-3H3,(H,11,13). The van der Waals surface area contributed by atoms with Gasteiger partial charge in [0.25, 0.3) is 0 Å². The van der Waals surface area contributed by atoms with Crippen molar-refractivity contribution in [1.82, 2.24) is 10.5 Å². The number of nitrogens with one attached hydrogen (secondary N) is 1. The number of carbonyl (C=O) groups excluding carboxylic acids is 1. The molecule has 0 atom stereocenters. The van der Waals surface area contributed by atoms with Gasteiger partial charge in [-0.25, -0.2) is 0 Å². The molecule has 5 heteroatoms. The summed E-state index contributed by atoms with van der Waals surface area (Å²) < 4.78 is 9.95. The molecule has 1 aromatic heterocycles. The Hall–Kier alpha value is -1.36. The average molecular weight is 212 g/mol. The predicted octanol–water partition coefficient (Wildman–Crippen LogP) is 0.944. The van der Waals surface area contributed by atoms with Crippen molar-refractivity contribution in [3.05, 3.63) is 17.0 Å². The van der Waals surface area contributed by atoms with Crippen LogP contribution in [0, 0.1) is 13.8 Å². The summed E-state index contributed by atoms with van der Waals surface area (Å²) in [6, 6.07) is 0. The fourth-order valence-electron chi connectivity index (χ4n) is 1.19. The molecule has 1 aromatic rings. The molecule has 0 saturated carbocycles. The fraction of sp³-hybridized carbons (Fsp3) is 0.600. The van der Waals surface area contributed by atoms with E-state index >= 15 is 0 Å². The van der Waals surface area contributed by atoms with Crippen molar-refractivity contribution in [2.75, 3.05) is 13.2 Å². The molecule has 1 N–H and O–H groups in total. The van der Waals surface area contributed by atoms with Crippen molar-refractivity contribution < 1.29 is 14.1 Å². The Bertz CT molecular complexity index is 314. The van der Waals surface area contributed by atoms with E-state index in [1.54, 1.807) is 0 Å². The summed E-state index contributed by atoms with van der Waals surface area (Å²) in [7, 11) is 0. The molecule has 0 radical (unpaired) electrons. The van der Waals surface area contributed by atoms with Crippen molar-refractivity contribution in [1.29, 1.82) is 0 Å². The molecule has 0 saturated heterocycles. The quantitative estimate of drug-likeness (QED) is 0.789. The molecule has 1 amide bonds. The van der Waals surface area contributed by atoms with E-state index in [9.17, 15) is 4.79 Å². The van der Waals surface area contributed by atoms with Crippen LogP contribution in [0.15, 0.2) is 4.52 Å². The lowest BCUT2D eigenvalue weighted by Crippen LogP contribution is -2.27. The van der Waals surface area contributed by atoms with Crippen LogP contribution in [0.2, 0.25) is 0 Å². The molecule has 15 heavy (non-hydrogen) atoms. The fourth-order valence-corrected chi connectivity index (χ4v) is 1.19. The van der Waals surface area contributed by atoms with Crippen molar-refractivity contribution in [2.45, 2.75) is 27.3 Å². The van der Waals surface area contributed by atoms with Crippen LogP contribution >= 0.6 is 0 Å². The highest BCUT2D eigenvalue weighted by Crippen LogP contribution is 2.11. The molecule has 0 aliphatic rings. The summed E-state index contributed by atoms with van der Waals surface area (Å²) in [5, 5.41) is 6.54. The normalized spacial score (nSPS) is 10.3. The van der Waals surface area contributed by atoms with Crippen LogP contribution in [0.5, 0.6) is 0 Å². The first-order valence-electron chi connectivity index (χ1n) is 4.91. The monoisotopic (exact) mass is 212 g/mol. The van der Waals surface area contributed by atoms with E-state index in [4.69, 9.17) is 9.26 Å². The molecule has 84 valence electrons. The number of ether oxygens (including phenoxy) is 1. The SMILES string of the molecule is CCOCC(=O)NCc1c(C)noc1C. The van der Waals surface area contributed by atoms with E-state index in [2.05, 4.69) is 10.5 Å². The lowest BCUT2D eigenvalue weighted by molar-refractivity contribution is -0.125. The van der Waals surface area contributed by atoms with E-state index in [1.807, 2.05) is 20.8 Å². The predicted molar refractivity (Wildman–Crippen MR) is 54.3 cm³/mol. The van der Waals surface area contributed by atoms with Crippen LogP contribution < -0.4 is 5.32 Å². The molecular formula is C10H16N2O3. The highest BCUT2D eigenvalue weighted by Gasteiger charge is 2.09. The number of hydrogen-bond acceptors (Lipinski definition) is 4. The van der Waals surface area contributed by atoms with E-state index in [0.717, 1.165) is 17.0 Å². The molecule has 0 aliphatic heterocycles. The highest BCUT2D eigenvalue weighted by atomic mass is 16.5. The van der Waals surface area contributed by atoms with Crippen molar-refractivity contribution in [3.63, 3.8) is 0 Å². The number of hydrogen-bond donors (Lipinski definition) is 1. The van der Waals surface area contributed by atoms with Gasteiger partial charge in [0.1, 0.15) is 12.4 Å². The van der Waals surface area contributed by atoms with Crippen LogP contribution in [-0.2, 0) is 16.1 Å². The summed E-state index contributed by atoms with van der Waals surface area (Å²) in [6.45, 7) is 6.60. The maximum atomic E-state index is 11.2. The minimum absolute atomic E-state index is 0.0971. The largest absolute Gasteiger partial charge is 0.372 e. The van der Waals surface area contributed by atoms with Gasteiger partial charge in [0.05, 0.1) is 5.69 Å². The zero-order chi connectivity index (χ0) is 11.3. The van der Waals surface area contributed by atoms with Gasteiger partial charge in [-0.15, -0.1) is 0 Å². The van der Waals surface area contributed by atoms with Gasteiger partial charge in [0.2, 0.25) is 5.91 Å². The van der Waals surface area contributed by atoms with Gasteiger partial charge >= 0.3 is 0 Å². The molecule has 0 spiro atoms. The average Bonchev–Trinajstić information content (AvgIpc) is 2.53.